The molecule has 8 heteroatoms. The second-order valence-corrected chi connectivity index (χ2v) is 8.29. The van der Waals surface area contributed by atoms with E-state index in [4.69, 9.17) is 0 Å². The lowest BCUT2D eigenvalue weighted by molar-refractivity contribution is -0.120. The van der Waals surface area contributed by atoms with E-state index in [9.17, 15) is 4.79 Å². The normalized spacial score (nSPS) is 11.4. The van der Waals surface area contributed by atoms with Crippen molar-refractivity contribution in [3.63, 3.8) is 0 Å². The molecule has 0 radical (unpaired) electrons. The summed E-state index contributed by atoms with van der Waals surface area (Å²) in [6, 6.07) is 8.37. The molecule has 4 rings (SSSR count). The third kappa shape index (κ3) is 3.62. The number of carbonyl (C=O) groups is 1. The molecule has 0 spiro atoms. The van der Waals surface area contributed by atoms with Crippen molar-refractivity contribution in [2.24, 2.45) is 0 Å². The molecular formula is C20H21N5OS2. The predicted octanol–water partition coefficient (Wildman–Crippen LogP) is 3.58. The lowest BCUT2D eigenvalue weighted by Crippen LogP contribution is -2.28. The maximum Gasteiger partial charge on any atom is 0.253 e. The van der Waals surface area contributed by atoms with Crippen LogP contribution in [0.15, 0.2) is 34.8 Å². The number of amides is 1. The third-order valence-electron chi connectivity index (χ3n) is 4.83. The number of benzene rings is 1. The Hall–Kier alpha value is -2.45. The number of aromatic nitrogens is 4. The van der Waals surface area contributed by atoms with E-state index in [0.717, 1.165) is 23.4 Å². The average molecular weight is 412 g/mol. The molecule has 4 aromatic rings. The van der Waals surface area contributed by atoms with Crippen molar-refractivity contribution >= 4 is 44.9 Å². The Morgan fingerprint density at radius 3 is 2.89 bits per heavy atom. The Morgan fingerprint density at radius 1 is 1.25 bits per heavy atom. The van der Waals surface area contributed by atoms with Crippen LogP contribution in [0.3, 0.4) is 0 Å². The second-order valence-electron chi connectivity index (χ2n) is 6.61. The zero-order valence-electron chi connectivity index (χ0n) is 16.0. The Bertz CT molecular complexity index is 1160. The minimum absolute atomic E-state index is 0.00269. The summed E-state index contributed by atoms with van der Waals surface area (Å²) in [5, 5.41) is 11.6. The second kappa shape index (κ2) is 7.89. The fraction of sp³-hybridized carbons (Fsp3) is 0.300. The van der Waals surface area contributed by atoms with Crippen molar-refractivity contribution in [3.8, 4) is 0 Å². The fourth-order valence-corrected chi connectivity index (χ4v) is 4.65. The van der Waals surface area contributed by atoms with Crippen LogP contribution in [0, 0.1) is 13.8 Å². The van der Waals surface area contributed by atoms with Gasteiger partial charge in [0.15, 0.2) is 0 Å². The van der Waals surface area contributed by atoms with Crippen molar-refractivity contribution in [1.82, 2.24) is 24.9 Å². The summed E-state index contributed by atoms with van der Waals surface area (Å²) in [4.78, 5) is 21.4. The van der Waals surface area contributed by atoms with Crippen LogP contribution in [-0.2, 0) is 17.6 Å². The molecule has 6 nitrogen and oxygen atoms in total. The molecule has 144 valence electrons. The summed E-state index contributed by atoms with van der Waals surface area (Å²) in [5.41, 5.74) is 3.92. The Morgan fingerprint density at radius 2 is 2.07 bits per heavy atom. The number of hydrogen-bond acceptors (Lipinski definition) is 6. The Kier molecular flexibility index (Phi) is 5.32. The summed E-state index contributed by atoms with van der Waals surface area (Å²) in [6.45, 7) is 4.49. The molecule has 1 aromatic carbocycles. The summed E-state index contributed by atoms with van der Waals surface area (Å²) in [7, 11) is 0. The van der Waals surface area contributed by atoms with Gasteiger partial charge in [0, 0.05) is 28.2 Å². The van der Waals surface area contributed by atoms with Gasteiger partial charge >= 0.3 is 0 Å². The van der Waals surface area contributed by atoms with Gasteiger partial charge in [0.05, 0.1) is 6.42 Å². The van der Waals surface area contributed by atoms with Gasteiger partial charge in [-0.1, -0.05) is 30.0 Å². The van der Waals surface area contributed by atoms with E-state index < -0.39 is 0 Å². The van der Waals surface area contributed by atoms with Crippen LogP contribution in [0.1, 0.15) is 22.5 Å². The topological polar surface area (TPSA) is 72.2 Å². The molecule has 3 aromatic heterocycles. The summed E-state index contributed by atoms with van der Waals surface area (Å²) >= 11 is 3.22. The molecule has 1 amide bonds. The number of thiophene rings is 1. The van der Waals surface area contributed by atoms with Crippen LogP contribution < -0.4 is 5.32 Å². The minimum Gasteiger partial charge on any atom is -0.355 e. The first-order chi connectivity index (χ1) is 13.6. The smallest absolute Gasteiger partial charge is 0.253 e. The zero-order chi connectivity index (χ0) is 19.7. The van der Waals surface area contributed by atoms with E-state index >= 15 is 0 Å². The maximum absolute atomic E-state index is 12.5. The van der Waals surface area contributed by atoms with Gasteiger partial charge in [-0.3, -0.25) is 4.79 Å². The van der Waals surface area contributed by atoms with Crippen LogP contribution in [-0.4, -0.2) is 38.3 Å². The van der Waals surface area contributed by atoms with Gasteiger partial charge in [0.25, 0.3) is 5.78 Å². The van der Waals surface area contributed by atoms with Gasteiger partial charge in [-0.2, -0.15) is 4.98 Å². The molecular weight excluding hydrogens is 390 g/mol. The number of aryl methyl sites for hydroxylation is 2. The first-order valence-electron chi connectivity index (χ1n) is 9.05. The molecule has 0 saturated heterocycles. The van der Waals surface area contributed by atoms with Gasteiger partial charge in [-0.15, -0.1) is 16.4 Å². The van der Waals surface area contributed by atoms with E-state index in [2.05, 4.69) is 50.0 Å². The molecule has 0 unspecified atom stereocenters. The van der Waals surface area contributed by atoms with Gasteiger partial charge in [0.1, 0.15) is 0 Å². The Labute approximate surface area is 171 Å². The first-order valence-corrected chi connectivity index (χ1v) is 11.2. The number of nitrogens with zero attached hydrogens (tertiary/aromatic N) is 4. The molecule has 0 bridgehead atoms. The largest absolute Gasteiger partial charge is 0.355 e. The highest BCUT2D eigenvalue weighted by molar-refractivity contribution is 7.98. The molecule has 0 aliphatic carbocycles. The lowest BCUT2D eigenvalue weighted by Gasteiger charge is -2.10. The molecule has 0 atom stereocenters. The quantitative estimate of drug-likeness (QED) is 0.491. The summed E-state index contributed by atoms with van der Waals surface area (Å²) < 4.78 is 3.01. The van der Waals surface area contributed by atoms with E-state index in [1.165, 1.54) is 27.4 Å². The SMILES string of the molecule is CSc1nc2nc(C)c(CC(=O)NCCc3csc4ccccc34)c(C)n2n1. The first kappa shape index (κ1) is 18.9. The molecule has 28 heavy (non-hydrogen) atoms. The van der Waals surface area contributed by atoms with E-state index in [0.29, 0.717) is 23.9 Å². The zero-order valence-corrected chi connectivity index (χ0v) is 17.7. The van der Waals surface area contributed by atoms with E-state index in [1.54, 1.807) is 15.9 Å². The molecule has 0 aliphatic heterocycles. The standard InChI is InChI=1S/C20H21N5OS2/c1-12-16(13(2)25-19(22-12)23-20(24-25)27-3)10-18(26)21-9-8-14-11-28-17-7-5-4-6-15(14)17/h4-7,11H,8-10H2,1-3H3,(H,21,26). The summed E-state index contributed by atoms with van der Waals surface area (Å²) in [5.74, 6) is 0.574. The lowest BCUT2D eigenvalue weighted by atomic mass is 10.1. The fourth-order valence-electron chi connectivity index (χ4n) is 3.32. The predicted molar refractivity (Wildman–Crippen MR) is 114 cm³/mol. The third-order valence-corrected chi connectivity index (χ3v) is 6.38. The highest BCUT2D eigenvalue weighted by Gasteiger charge is 2.16. The molecule has 0 aliphatic rings. The van der Waals surface area contributed by atoms with Crippen LogP contribution in [0.2, 0.25) is 0 Å². The van der Waals surface area contributed by atoms with Gasteiger partial charge in [0.2, 0.25) is 11.1 Å². The van der Waals surface area contributed by atoms with Crippen molar-refractivity contribution in [2.75, 3.05) is 12.8 Å². The minimum atomic E-state index is -0.00269. The van der Waals surface area contributed by atoms with Gasteiger partial charge in [-0.05, 0) is 48.9 Å². The highest BCUT2D eigenvalue weighted by Crippen LogP contribution is 2.25. The van der Waals surface area contributed by atoms with Crippen LogP contribution in [0.4, 0.5) is 0 Å². The number of carbonyl (C=O) groups excluding carboxylic acids is 1. The van der Waals surface area contributed by atoms with Crippen molar-refractivity contribution in [3.05, 3.63) is 52.2 Å². The molecule has 0 fully saturated rings. The van der Waals surface area contributed by atoms with Crippen LogP contribution in [0.5, 0.6) is 0 Å². The van der Waals surface area contributed by atoms with Gasteiger partial charge in [-0.25, -0.2) is 9.50 Å². The number of hydrogen-bond donors (Lipinski definition) is 1. The number of nitrogens with one attached hydrogen (secondary N) is 1. The molecule has 1 N–H and O–H groups in total. The highest BCUT2D eigenvalue weighted by atomic mass is 32.2. The maximum atomic E-state index is 12.5. The van der Waals surface area contributed by atoms with E-state index in [-0.39, 0.29) is 5.91 Å². The van der Waals surface area contributed by atoms with Crippen molar-refractivity contribution in [2.45, 2.75) is 31.8 Å². The molecule has 0 saturated carbocycles. The number of fused-ring (bicyclic) bond motifs is 2. The van der Waals surface area contributed by atoms with Gasteiger partial charge < -0.3 is 5.32 Å². The van der Waals surface area contributed by atoms with Crippen molar-refractivity contribution < 1.29 is 4.79 Å². The monoisotopic (exact) mass is 411 g/mol. The average Bonchev–Trinajstić information content (AvgIpc) is 3.29. The number of thioether (sulfide) groups is 1. The molecule has 3 heterocycles. The van der Waals surface area contributed by atoms with E-state index in [1.807, 2.05) is 20.1 Å². The number of rotatable bonds is 6. The summed E-state index contributed by atoms with van der Waals surface area (Å²) in [6.07, 6.45) is 3.05. The van der Waals surface area contributed by atoms with Crippen LogP contribution >= 0.6 is 23.1 Å². The Balaban J connectivity index is 1.43. The van der Waals surface area contributed by atoms with Crippen LogP contribution in [0.25, 0.3) is 15.9 Å². The van der Waals surface area contributed by atoms with Crippen molar-refractivity contribution in [1.29, 1.82) is 0 Å².